The molecule has 1 aromatic carbocycles. The highest BCUT2D eigenvalue weighted by molar-refractivity contribution is 7.88. The van der Waals surface area contributed by atoms with Gasteiger partial charge in [0.25, 0.3) is 5.91 Å². The molecule has 0 atom stereocenters. The molecule has 158 valence electrons. The zero-order valence-electron chi connectivity index (χ0n) is 16.5. The second kappa shape index (κ2) is 8.78. The fraction of sp³-hybridized carbons (Fsp3) is 0.500. The highest BCUT2D eigenvalue weighted by Crippen LogP contribution is 2.30. The van der Waals surface area contributed by atoms with Gasteiger partial charge in [-0.2, -0.15) is 4.98 Å². The van der Waals surface area contributed by atoms with E-state index in [9.17, 15) is 13.2 Å². The van der Waals surface area contributed by atoms with Gasteiger partial charge in [0, 0.05) is 19.0 Å². The Morgan fingerprint density at radius 2 is 2.00 bits per heavy atom. The van der Waals surface area contributed by atoms with Crippen LogP contribution in [0.25, 0.3) is 0 Å². The molecule has 2 aromatic rings. The Morgan fingerprint density at radius 1 is 1.28 bits per heavy atom. The van der Waals surface area contributed by atoms with Crippen LogP contribution in [0.3, 0.4) is 0 Å². The zero-order valence-corrected chi connectivity index (χ0v) is 17.4. The Bertz CT molecular complexity index is 966. The van der Waals surface area contributed by atoms with E-state index in [1.807, 2.05) is 0 Å². The maximum atomic E-state index is 12.5. The van der Waals surface area contributed by atoms with Crippen LogP contribution < -0.4 is 14.8 Å². The predicted molar refractivity (Wildman–Crippen MR) is 103 cm³/mol. The van der Waals surface area contributed by atoms with E-state index < -0.39 is 10.0 Å². The molecule has 3 rings (SSSR count). The maximum Gasteiger partial charge on any atom is 0.255 e. The van der Waals surface area contributed by atoms with Crippen molar-refractivity contribution in [3.05, 3.63) is 35.5 Å². The molecule has 1 N–H and O–H groups in total. The Morgan fingerprint density at radius 3 is 2.62 bits per heavy atom. The normalized spacial score (nSPS) is 15.8. The summed E-state index contributed by atoms with van der Waals surface area (Å²) in [6.07, 6.45) is 2.46. The Kier molecular flexibility index (Phi) is 6.38. The second-order valence-corrected chi connectivity index (χ2v) is 8.69. The number of ether oxygens (including phenoxy) is 2. The number of amides is 1. The van der Waals surface area contributed by atoms with Crippen molar-refractivity contribution < 1.29 is 27.2 Å². The van der Waals surface area contributed by atoms with Gasteiger partial charge < -0.3 is 19.3 Å². The molecule has 1 amide bonds. The van der Waals surface area contributed by atoms with Crippen LogP contribution in [0.5, 0.6) is 11.5 Å². The van der Waals surface area contributed by atoms with Gasteiger partial charge >= 0.3 is 0 Å². The van der Waals surface area contributed by atoms with E-state index >= 15 is 0 Å². The van der Waals surface area contributed by atoms with Gasteiger partial charge in [-0.1, -0.05) is 11.2 Å². The van der Waals surface area contributed by atoms with Crippen LogP contribution in [0.2, 0.25) is 0 Å². The number of hydrogen-bond acceptors (Lipinski definition) is 8. The van der Waals surface area contributed by atoms with Crippen LogP contribution in [0.15, 0.2) is 22.7 Å². The monoisotopic (exact) mass is 424 g/mol. The van der Waals surface area contributed by atoms with Crippen molar-refractivity contribution in [3.63, 3.8) is 0 Å². The molecular weight excluding hydrogens is 400 g/mol. The van der Waals surface area contributed by atoms with Gasteiger partial charge in [0.05, 0.1) is 32.6 Å². The Labute approximate surface area is 169 Å². The molecule has 10 nitrogen and oxygen atoms in total. The second-order valence-electron chi connectivity index (χ2n) is 6.71. The summed E-state index contributed by atoms with van der Waals surface area (Å²) in [6.45, 7) is 0.924. The highest BCUT2D eigenvalue weighted by Gasteiger charge is 2.28. The fourth-order valence-corrected chi connectivity index (χ4v) is 4.14. The summed E-state index contributed by atoms with van der Waals surface area (Å²) in [5, 5.41) is 6.72. The SMILES string of the molecule is COc1cccc(C(=O)NCc2nc(C3CCN(S(C)(=O)=O)CC3)no2)c1OC. The molecule has 29 heavy (non-hydrogen) atoms. The number of para-hydroxylation sites is 1. The van der Waals surface area contributed by atoms with Gasteiger partial charge in [-0.05, 0) is 25.0 Å². The lowest BCUT2D eigenvalue weighted by molar-refractivity contribution is 0.0942. The molecule has 1 fully saturated rings. The third kappa shape index (κ3) is 4.85. The molecule has 0 saturated carbocycles. The minimum atomic E-state index is -3.18. The average molecular weight is 424 g/mol. The first-order valence-electron chi connectivity index (χ1n) is 9.10. The molecular formula is C18H24N4O6S. The van der Waals surface area contributed by atoms with E-state index in [0.717, 1.165) is 0 Å². The molecule has 1 saturated heterocycles. The first kappa shape index (κ1) is 21.1. The first-order chi connectivity index (χ1) is 13.8. The lowest BCUT2D eigenvalue weighted by Gasteiger charge is -2.28. The third-order valence-electron chi connectivity index (χ3n) is 4.82. The number of hydrogen-bond donors (Lipinski definition) is 1. The Hall–Kier alpha value is -2.66. The van der Waals surface area contributed by atoms with Crippen LogP contribution >= 0.6 is 0 Å². The molecule has 0 aliphatic carbocycles. The largest absolute Gasteiger partial charge is 0.493 e. The molecule has 0 unspecified atom stereocenters. The van der Waals surface area contributed by atoms with Gasteiger partial charge in [0.2, 0.25) is 15.9 Å². The number of piperidine rings is 1. The van der Waals surface area contributed by atoms with Gasteiger partial charge in [0.15, 0.2) is 17.3 Å². The van der Waals surface area contributed by atoms with Crippen molar-refractivity contribution in [3.8, 4) is 11.5 Å². The summed E-state index contributed by atoms with van der Waals surface area (Å²) in [7, 11) is -0.213. The molecule has 0 spiro atoms. The van der Waals surface area contributed by atoms with Gasteiger partial charge in [-0.25, -0.2) is 12.7 Å². The van der Waals surface area contributed by atoms with E-state index in [0.29, 0.717) is 48.8 Å². The number of sulfonamides is 1. The number of carbonyl (C=O) groups is 1. The topological polar surface area (TPSA) is 124 Å². The van der Waals surface area contributed by atoms with E-state index in [-0.39, 0.29) is 24.3 Å². The minimum absolute atomic E-state index is 0.0275. The molecule has 11 heteroatoms. The molecule has 0 bridgehead atoms. The summed E-state index contributed by atoms with van der Waals surface area (Å²) in [5.74, 6) is 1.28. The number of nitrogens with one attached hydrogen (secondary N) is 1. The van der Waals surface area contributed by atoms with Crippen molar-refractivity contribution in [1.82, 2.24) is 19.8 Å². The third-order valence-corrected chi connectivity index (χ3v) is 6.12. The van der Waals surface area contributed by atoms with Gasteiger partial charge in [0.1, 0.15) is 0 Å². The lowest BCUT2D eigenvalue weighted by Crippen LogP contribution is -2.37. The zero-order chi connectivity index (χ0) is 21.0. The standard InChI is InChI=1S/C18H24N4O6S/c1-26-14-6-4-5-13(16(14)27-2)18(23)19-11-15-20-17(21-28-15)12-7-9-22(10-8-12)29(3,24)25/h4-6,12H,7-11H2,1-3H3,(H,19,23). The smallest absolute Gasteiger partial charge is 0.255 e. The number of benzene rings is 1. The summed E-state index contributed by atoms with van der Waals surface area (Å²) < 4.78 is 40.4. The van der Waals surface area contributed by atoms with Crippen molar-refractivity contribution >= 4 is 15.9 Å². The molecule has 1 aliphatic rings. The number of aromatic nitrogens is 2. The quantitative estimate of drug-likeness (QED) is 0.702. The van der Waals surface area contributed by atoms with E-state index in [2.05, 4.69) is 15.5 Å². The maximum absolute atomic E-state index is 12.5. The van der Waals surface area contributed by atoms with Crippen LogP contribution in [0.1, 0.15) is 40.8 Å². The molecule has 1 aromatic heterocycles. The number of rotatable bonds is 7. The van der Waals surface area contributed by atoms with Crippen molar-refractivity contribution in [2.75, 3.05) is 33.6 Å². The fourth-order valence-electron chi connectivity index (χ4n) is 3.27. The number of carbonyl (C=O) groups excluding carboxylic acids is 1. The van der Waals surface area contributed by atoms with Gasteiger partial charge in [-0.3, -0.25) is 4.79 Å². The van der Waals surface area contributed by atoms with Crippen molar-refractivity contribution in [2.45, 2.75) is 25.3 Å². The van der Waals surface area contributed by atoms with Crippen LogP contribution in [-0.4, -0.2) is 62.3 Å². The van der Waals surface area contributed by atoms with E-state index in [4.69, 9.17) is 14.0 Å². The average Bonchev–Trinajstić information content (AvgIpc) is 3.19. The van der Waals surface area contributed by atoms with Crippen molar-refractivity contribution in [1.29, 1.82) is 0 Å². The molecule has 2 heterocycles. The summed E-state index contributed by atoms with van der Waals surface area (Å²) in [6, 6.07) is 5.03. The predicted octanol–water partition coefficient (Wildman–Crippen LogP) is 1.16. The first-order valence-corrected chi connectivity index (χ1v) is 10.9. The summed E-state index contributed by atoms with van der Waals surface area (Å²) in [5.41, 5.74) is 0.333. The number of methoxy groups -OCH3 is 2. The van der Waals surface area contributed by atoms with Gasteiger partial charge in [-0.15, -0.1) is 0 Å². The summed E-state index contributed by atoms with van der Waals surface area (Å²) in [4.78, 5) is 16.9. The van der Waals surface area contributed by atoms with E-state index in [1.54, 1.807) is 18.2 Å². The van der Waals surface area contributed by atoms with E-state index in [1.165, 1.54) is 24.8 Å². The number of nitrogens with zero attached hydrogens (tertiary/aromatic N) is 3. The Balaban J connectivity index is 1.60. The van der Waals surface area contributed by atoms with Crippen LogP contribution in [-0.2, 0) is 16.6 Å². The highest BCUT2D eigenvalue weighted by atomic mass is 32.2. The lowest BCUT2D eigenvalue weighted by atomic mass is 9.98. The molecule has 0 radical (unpaired) electrons. The minimum Gasteiger partial charge on any atom is -0.493 e. The summed E-state index contributed by atoms with van der Waals surface area (Å²) >= 11 is 0. The van der Waals surface area contributed by atoms with Crippen LogP contribution in [0, 0.1) is 0 Å². The molecule has 1 aliphatic heterocycles. The van der Waals surface area contributed by atoms with Crippen LogP contribution in [0.4, 0.5) is 0 Å². The van der Waals surface area contributed by atoms with Crippen molar-refractivity contribution in [2.24, 2.45) is 0 Å².